The lowest BCUT2D eigenvalue weighted by Gasteiger charge is -2.45. The third kappa shape index (κ3) is 6.18. The number of rotatable bonds is 7. The van der Waals surface area contributed by atoms with Gasteiger partial charge in [-0.1, -0.05) is 200 Å². The van der Waals surface area contributed by atoms with Gasteiger partial charge >= 0.3 is 0 Å². The molecule has 0 aromatic heterocycles. The second kappa shape index (κ2) is 15.8. The van der Waals surface area contributed by atoms with Crippen molar-refractivity contribution in [2.24, 2.45) is 0 Å². The molecule has 67 heavy (non-hydrogen) atoms. The SMILES string of the molecule is c1ccc(-c2ccc(N(c3ccc(-c4ccccc4)cc3)c3ccc4cc(-c5cccc6c5-c5ccccc5C65c6ccccc6N(c6ccccc6)c6ccccc65)ccc4c3)cc2)cc1. The van der Waals surface area contributed by atoms with E-state index in [0.29, 0.717) is 0 Å². The van der Waals surface area contributed by atoms with Crippen LogP contribution in [0.5, 0.6) is 0 Å². The largest absolute Gasteiger partial charge is 0.310 e. The minimum Gasteiger partial charge on any atom is -0.310 e. The van der Waals surface area contributed by atoms with E-state index in [4.69, 9.17) is 0 Å². The maximum absolute atomic E-state index is 2.44. The van der Waals surface area contributed by atoms with E-state index in [1.54, 1.807) is 0 Å². The van der Waals surface area contributed by atoms with Gasteiger partial charge in [0.05, 0.1) is 16.8 Å². The Kier molecular flexibility index (Phi) is 9.11. The van der Waals surface area contributed by atoms with Crippen LogP contribution in [0.3, 0.4) is 0 Å². The van der Waals surface area contributed by atoms with Crippen LogP contribution < -0.4 is 9.80 Å². The molecule has 0 amide bonds. The van der Waals surface area contributed by atoms with E-state index >= 15 is 0 Å². The van der Waals surface area contributed by atoms with Gasteiger partial charge in [-0.2, -0.15) is 0 Å². The van der Waals surface area contributed by atoms with Gasteiger partial charge in [-0.15, -0.1) is 0 Å². The highest BCUT2D eigenvalue weighted by Gasteiger charge is 2.52. The van der Waals surface area contributed by atoms with Gasteiger partial charge in [0.15, 0.2) is 0 Å². The van der Waals surface area contributed by atoms with Gasteiger partial charge in [-0.05, 0) is 144 Å². The zero-order valence-corrected chi connectivity index (χ0v) is 36.8. The van der Waals surface area contributed by atoms with Gasteiger partial charge < -0.3 is 9.80 Å². The van der Waals surface area contributed by atoms with Crippen LogP contribution in [0.25, 0.3) is 55.3 Å². The molecule has 0 bridgehead atoms. The quantitative estimate of drug-likeness (QED) is 0.158. The van der Waals surface area contributed by atoms with Crippen LogP contribution in [0.15, 0.2) is 267 Å². The van der Waals surface area contributed by atoms with Gasteiger partial charge in [0.25, 0.3) is 0 Å². The molecule has 2 heteroatoms. The molecule has 0 unspecified atom stereocenters. The van der Waals surface area contributed by atoms with Crippen molar-refractivity contribution in [3.8, 4) is 44.5 Å². The third-order valence-electron chi connectivity index (χ3n) is 14.0. The molecule has 0 N–H and O–H groups in total. The fourth-order valence-electron chi connectivity index (χ4n) is 11.1. The van der Waals surface area contributed by atoms with Crippen LogP contribution in [0.2, 0.25) is 0 Å². The average molecular weight is 853 g/mol. The first-order valence-corrected chi connectivity index (χ1v) is 23.2. The van der Waals surface area contributed by atoms with Crippen molar-refractivity contribution in [1.29, 1.82) is 0 Å². The second-order valence-corrected chi connectivity index (χ2v) is 17.6. The highest BCUT2D eigenvalue weighted by molar-refractivity contribution is 6.02. The maximum Gasteiger partial charge on any atom is 0.0754 e. The van der Waals surface area contributed by atoms with E-state index in [1.165, 1.54) is 88.9 Å². The first-order chi connectivity index (χ1) is 33.2. The van der Waals surface area contributed by atoms with Crippen molar-refractivity contribution in [2.45, 2.75) is 5.41 Å². The molecular formula is C65H44N2. The summed E-state index contributed by atoms with van der Waals surface area (Å²) in [6.07, 6.45) is 0. The first kappa shape index (κ1) is 38.7. The van der Waals surface area contributed by atoms with Crippen molar-refractivity contribution in [1.82, 2.24) is 0 Å². The van der Waals surface area contributed by atoms with Crippen molar-refractivity contribution in [2.75, 3.05) is 9.80 Å². The number of nitrogens with zero attached hydrogens (tertiary/aromatic N) is 2. The van der Waals surface area contributed by atoms with Gasteiger partial charge in [-0.3, -0.25) is 0 Å². The Balaban J connectivity index is 0.934. The summed E-state index contributed by atoms with van der Waals surface area (Å²) >= 11 is 0. The molecule has 1 aliphatic carbocycles. The molecule has 11 aromatic rings. The average Bonchev–Trinajstić information content (AvgIpc) is 3.70. The van der Waals surface area contributed by atoms with E-state index in [-0.39, 0.29) is 0 Å². The molecule has 13 rings (SSSR count). The monoisotopic (exact) mass is 852 g/mol. The van der Waals surface area contributed by atoms with E-state index < -0.39 is 5.41 Å². The predicted molar refractivity (Wildman–Crippen MR) is 280 cm³/mol. The number of hydrogen-bond acceptors (Lipinski definition) is 2. The smallest absolute Gasteiger partial charge is 0.0754 e. The molecular weight excluding hydrogens is 809 g/mol. The molecule has 1 heterocycles. The summed E-state index contributed by atoms with van der Waals surface area (Å²) in [5.41, 5.74) is 21.4. The zero-order chi connectivity index (χ0) is 44.3. The number of fused-ring (bicyclic) bond motifs is 10. The summed E-state index contributed by atoms with van der Waals surface area (Å²) in [5, 5.41) is 2.39. The lowest BCUT2D eigenvalue weighted by Crippen LogP contribution is -2.36. The van der Waals surface area contributed by atoms with E-state index in [1.807, 2.05) is 0 Å². The lowest BCUT2D eigenvalue weighted by atomic mass is 9.64. The summed E-state index contributed by atoms with van der Waals surface area (Å²) in [6, 6.07) is 97.9. The van der Waals surface area contributed by atoms with Crippen molar-refractivity contribution < 1.29 is 0 Å². The molecule has 1 spiro atoms. The van der Waals surface area contributed by atoms with Crippen LogP contribution in [-0.4, -0.2) is 0 Å². The third-order valence-corrected chi connectivity index (χ3v) is 14.0. The maximum atomic E-state index is 2.44. The molecule has 11 aromatic carbocycles. The van der Waals surface area contributed by atoms with E-state index in [9.17, 15) is 0 Å². The summed E-state index contributed by atoms with van der Waals surface area (Å²) in [7, 11) is 0. The lowest BCUT2D eigenvalue weighted by molar-refractivity contribution is 0.753. The number of benzene rings is 11. The van der Waals surface area contributed by atoms with E-state index in [0.717, 1.165) is 22.7 Å². The predicted octanol–water partition coefficient (Wildman–Crippen LogP) is 17.5. The number of anilines is 6. The Hall–Kier alpha value is -8.72. The molecule has 0 radical (unpaired) electrons. The van der Waals surface area contributed by atoms with Gasteiger partial charge in [0, 0.05) is 22.7 Å². The summed E-state index contributed by atoms with van der Waals surface area (Å²) in [5.74, 6) is 0. The Morgan fingerprint density at radius 3 is 1.33 bits per heavy atom. The highest BCUT2D eigenvalue weighted by atomic mass is 15.2. The first-order valence-electron chi connectivity index (χ1n) is 23.2. The Bertz CT molecular complexity index is 3490. The summed E-state index contributed by atoms with van der Waals surface area (Å²) in [4.78, 5) is 4.81. The summed E-state index contributed by atoms with van der Waals surface area (Å²) in [6.45, 7) is 0. The molecule has 0 saturated heterocycles. The highest BCUT2D eigenvalue weighted by Crippen LogP contribution is 2.64. The fraction of sp³-hybridized carbons (Fsp3) is 0.0154. The minimum atomic E-state index is -0.506. The second-order valence-electron chi connectivity index (χ2n) is 17.6. The molecule has 0 saturated carbocycles. The van der Waals surface area contributed by atoms with Gasteiger partial charge in [-0.25, -0.2) is 0 Å². The van der Waals surface area contributed by atoms with E-state index in [2.05, 4.69) is 277 Å². The van der Waals surface area contributed by atoms with Crippen molar-refractivity contribution in [3.05, 3.63) is 289 Å². The Labute approximate surface area is 391 Å². The Morgan fingerprint density at radius 2 is 0.716 bits per heavy atom. The minimum absolute atomic E-state index is 0.506. The molecule has 2 aliphatic rings. The van der Waals surface area contributed by atoms with Crippen LogP contribution in [0, 0.1) is 0 Å². The van der Waals surface area contributed by atoms with Crippen molar-refractivity contribution >= 4 is 44.9 Å². The standard InChI is InChI=1S/C65H44N2/c1-4-17-45(18-5-1)47-33-38-53(39-34-47)66(54-40-35-48(36-41-54)46-19-6-2-7-20-46)55-42-37-49-43-51(32-31-50(49)44-55)56-24-16-28-61-64(56)57-23-10-11-25-58(57)65(61)59-26-12-14-29-62(59)67(52-21-8-3-9-22-52)63-30-15-13-27-60(63)65/h1-44H. The summed E-state index contributed by atoms with van der Waals surface area (Å²) < 4.78 is 0. The zero-order valence-electron chi connectivity index (χ0n) is 36.8. The molecule has 1 aliphatic heterocycles. The molecule has 2 nitrogen and oxygen atoms in total. The number of para-hydroxylation sites is 3. The Morgan fingerprint density at radius 1 is 0.284 bits per heavy atom. The number of hydrogen-bond donors (Lipinski definition) is 0. The van der Waals surface area contributed by atoms with Crippen LogP contribution in [0.4, 0.5) is 34.1 Å². The van der Waals surface area contributed by atoms with Crippen LogP contribution >= 0.6 is 0 Å². The molecule has 0 fully saturated rings. The normalized spacial score (nSPS) is 12.9. The van der Waals surface area contributed by atoms with Crippen molar-refractivity contribution in [3.63, 3.8) is 0 Å². The molecule has 0 atom stereocenters. The van der Waals surface area contributed by atoms with Crippen LogP contribution in [0.1, 0.15) is 22.3 Å². The topological polar surface area (TPSA) is 6.48 Å². The van der Waals surface area contributed by atoms with Crippen LogP contribution in [-0.2, 0) is 5.41 Å². The van der Waals surface area contributed by atoms with Gasteiger partial charge in [0.2, 0.25) is 0 Å². The molecule has 314 valence electrons. The van der Waals surface area contributed by atoms with Gasteiger partial charge in [0.1, 0.15) is 0 Å². The fourth-order valence-corrected chi connectivity index (χ4v) is 11.1.